The van der Waals surface area contributed by atoms with Crippen LogP contribution in [-0.4, -0.2) is 14.8 Å². The lowest BCUT2D eigenvalue weighted by Crippen LogP contribution is -2.02. The Labute approximate surface area is 199 Å². The van der Waals surface area contributed by atoms with Gasteiger partial charge in [-0.2, -0.15) is 0 Å². The van der Waals surface area contributed by atoms with Crippen molar-refractivity contribution in [2.24, 2.45) is 0 Å². The average Bonchev–Trinajstić information content (AvgIpc) is 3.18. The Bertz CT molecular complexity index is 1130. The zero-order valence-electron chi connectivity index (χ0n) is 16.3. The van der Waals surface area contributed by atoms with Crippen LogP contribution in [0, 0.1) is 5.82 Å². The summed E-state index contributed by atoms with van der Waals surface area (Å²) in [7, 11) is 0. The van der Waals surface area contributed by atoms with Gasteiger partial charge in [0.2, 0.25) is 0 Å². The van der Waals surface area contributed by atoms with Crippen LogP contribution in [0.4, 0.5) is 4.39 Å². The number of para-hydroxylation sites is 1. The maximum atomic E-state index is 14.2. The first-order valence-corrected chi connectivity index (χ1v) is 12.4. The molecule has 0 unspecified atom stereocenters. The van der Waals surface area contributed by atoms with Crippen molar-refractivity contribution in [1.82, 2.24) is 14.8 Å². The average molecular weight is 490 g/mol. The minimum absolute atomic E-state index is 0.315. The fourth-order valence-corrected chi connectivity index (χ4v) is 5.31. The van der Waals surface area contributed by atoms with Crippen molar-refractivity contribution in [2.75, 3.05) is 0 Å². The predicted molar refractivity (Wildman–Crippen MR) is 129 cm³/mol. The Morgan fingerprint density at radius 1 is 0.806 bits per heavy atom. The summed E-state index contributed by atoms with van der Waals surface area (Å²) in [5, 5.41) is 10.6. The van der Waals surface area contributed by atoms with Crippen LogP contribution in [-0.2, 0) is 17.3 Å². The van der Waals surface area contributed by atoms with E-state index in [4.69, 9.17) is 23.2 Å². The molecule has 1 heterocycles. The third kappa shape index (κ3) is 5.63. The second-order valence-electron chi connectivity index (χ2n) is 6.68. The van der Waals surface area contributed by atoms with Crippen LogP contribution in [0.25, 0.3) is 5.69 Å². The summed E-state index contributed by atoms with van der Waals surface area (Å²) in [6.45, 7) is 0. The van der Waals surface area contributed by atoms with Gasteiger partial charge in [-0.1, -0.05) is 71.4 Å². The van der Waals surface area contributed by atoms with Gasteiger partial charge in [0.1, 0.15) is 11.6 Å². The molecule has 1 aromatic heterocycles. The minimum atomic E-state index is -0.315. The van der Waals surface area contributed by atoms with Gasteiger partial charge in [-0.05, 0) is 42.0 Å². The van der Waals surface area contributed by atoms with Gasteiger partial charge in [-0.3, -0.25) is 4.57 Å². The van der Waals surface area contributed by atoms with Crippen LogP contribution in [0.15, 0.2) is 78.0 Å². The Balaban J connectivity index is 1.53. The van der Waals surface area contributed by atoms with E-state index in [1.54, 1.807) is 23.9 Å². The summed E-state index contributed by atoms with van der Waals surface area (Å²) in [5.41, 5.74) is 2.64. The molecule has 0 aliphatic heterocycles. The van der Waals surface area contributed by atoms with E-state index >= 15 is 0 Å². The van der Waals surface area contributed by atoms with E-state index < -0.39 is 0 Å². The summed E-state index contributed by atoms with van der Waals surface area (Å²) >= 11 is 15.3. The monoisotopic (exact) mass is 489 g/mol. The highest BCUT2D eigenvalue weighted by Gasteiger charge is 2.16. The molecule has 0 amide bonds. The highest BCUT2D eigenvalue weighted by Crippen LogP contribution is 2.30. The zero-order chi connectivity index (χ0) is 21.6. The molecule has 0 fully saturated rings. The normalized spacial score (nSPS) is 11.1. The molecule has 8 heteroatoms. The number of rotatable bonds is 8. The van der Waals surface area contributed by atoms with Gasteiger partial charge in [0.25, 0.3) is 0 Å². The van der Waals surface area contributed by atoms with Crippen molar-refractivity contribution < 1.29 is 4.39 Å². The predicted octanol–water partition coefficient (Wildman–Crippen LogP) is 7.44. The summed E-state index contributed by atoms with van der Waals surface area (Å²) in [6, 6.07) is 22.5. The second-order valence-corrected chi connectivity index (χ2v) is 9.45. The molecular formula is C23H18Cl2FN3S2. The molecule has 0 aliphatic rings. The second kappa shape index (κ2) is 10.6. The molecule has 0 spiro atoms. The van der Waals surface area contributed by atoms with Crippen LogP contribution in [0.2, 0.25) is 10.0 Å². The maximum Gasteiger partial charge on any atom is 0.196 e. The summed E-state index contributed by atoms with van der Waals surface area (Å²) < 4.78 is 16.2. The van der Waals surface area contributed by atoms with Crippen LogP contribution in [0.5, 0.6) is 0 Å². The smallest absolute Gasteiger partial charge is 0.196 e. The van der Waals surface area contributed by atoms with E-state index in [1.807, 2.05) is 59.2 Å². The van der Waals surface area contributed by atoms with E-state index in [2.05, 4.69) is 10.2 Å². The molecule has 31 heavy (non-hydrogen) atoms. The van der Waals surface area contributed by atoms with Gasteiger partial charge in [0.05, 0.1) is 5.75 Å². The molecule has 0 N–H and O–H groups in total. The Morgan fingerprint density at radius 2 is 1.58 bits per heavy atom. The first-order valence-electron chi connectivity index (χ1n) is 9.49. The minimum Gasteiger partial charge on any atom is -0.273 e. The highest BCUT2D eigenvalue weighted by molar-refractivity contribution is 7.98. The number of aromatic nitrogens is 3. The largest absolute Gasteiger partial charge is 0.273 e. The van der Waals surface area contributed by atoms with Crippen molar-refractivity contribution in [2.45, 2.75) is 22.4 Å². The summed E-state index contributed by atoms with van der Waals surface area (Å²) in [4.78, 5) is 0. The van der Waals surface area contributed by atoms with Gasteiger partial charge < -0.3 is 0 Å². The van der Waals surface area contributed by atoms with Gasteiger partial charge in [0, 0.05) is 32.8 Å². The molecule has 3 nitrogen and oxygen atoms in total. The molecule has 158 valence electrons. The Hall–Kier alpha value is -1.99. The van der Waals surface area contributed by atoms with Crippen molar-refractivity contribution in [3.8, 4) is 5.69 Å². The molecular weight excluding hydrogens is 472 g/mol. The molecule has 0 saturated carbocycles. The van der Waals surface area contributed by atoms with Crippen molar-refractivity contribution in [1.29, 1.82) is 0 Å². The number of hydrogen-bond acceptors (Lipinski definition) is 4. The fourth-order valence-electron chi connectivity index (χ4n) is 2.97. The van der Waals surface area contributed by atoms with Crippen LogP contribution in [0.3, 0.4) is 0 Å². The van der Waals surface area contributed by atoms with E-state index in [9.17, 15) is 4.39 Å². The lowest BCUT2D eigenvalue weighted by Gasteiger charge is -2.11. The van der Waals surface area contributed by atoms with Crippen molar-refractivity contribution in [3.63, 3.8) is 0 Å². The summed E-state index contributed by atoms with van der Waals surface area (Å²) in [6.07, 6.45) is 0. The molecule has 0 saturated heterocycles. The first kappa shape index (κ1) is 22.2. The maximum absolute atomic E-state index is 14.2. The standard InChI is InChI=1S/C23H18Cl2FN3S2/c24-17-11-9-16(10-12-17)13-30-15-22-27-28-23(29(22)18-5-2-1-3-6-18)31-14-19-20(25)7-4-8-21(19)26/h1-12H,13-15H2. The zero-order valence-corrected chi connectivity index (χ0v) is 19.5. The number of halogens is 3. The van der Waals surface area contributed by atoms with Gasteiger partial charge >= 0.3 is 0 Å². The summed E-state index contributed by atoms with van der Waals surface area (Å²) in [5.74, 6) is 2.42. The lowest BCUT2D eigenvalue weighted by molar-refractivity contribution is 0.617. The van der Waals surface area contributed by atoms with E-state index in [0.717, 1.165) is 22.3 Å². The number of benzene rings is 3. The van der Waals surface area contributed by atoms with Crippen LogP contribution in [0.1, 0.15) is 17.0 Å². The lowest BCUT2D eigenvalue weighted by atomic mass is 10.2. The third-order valence-corrected chi connectivity index (χ3v) is 7.10. The molecule has 4 aromatic rings. The van der Waals surface area contributed by atoms with Crippen LogP contribution < -0.4 is 0 Å². The fraction of sp³-hybridized carbons (Fsp3) is 0.130. The molecule has 0 bridgehead atoms. The molecule has 0 aliphatic carbocycles. The van der Waals surface area contributed by atoms with Crippen molar-refractivity contribution >= 4 is 46.7 Å². The molecule has 0 radical (unpaired) electrons. The first-order chi connectivity index (χ1) is 15.1. The SMILES string of the molecule is Fc1cccc(Cl)c1CSc1nnc(CSCc2ccc(Cl)cc2)n1-c1ccccc1. The molecule has 0 atom stereocenters. The number of nitrogens with zero attached hydrogens (tertiary/aromatic N) is 3. The van der Waals surface area contributed by atoms with E-state index in [1.165, 1.54) is 23.4 Å². The Morgan fingerprint density at radius 3 is 2.32 bits per heavy atom. The quantitative estimate of drug-likeness (QED) is 0.240. The third-order valence-electron chi connectivity index (χ3n) is 4.54. The Kier molecular flexibility index (Phi) is 7.56. The number of thioether (sulfide) groups is 2. The van der Waals surface area contributed by atoms with Crippen molar-refractivity contribution in [3.05, 3.63) is 106 Å². The van der Waals surface area contributed by atoms with Gasteiger partial charge in [0.15, 0.2) is 5.16 Å². The van der Waals surface area contributed by atoms with Crippen LogP contribution >= 0.6 is 46.7 Å². The van der Waals surface area contributed by atoms with Gasteiger partial charge in [-0.15, -0.1) is 22.0 Å². The topological polar surface area (TPSA) is 30.7 Å². The molecule has 4 rings (SSSR count). The van der Waals surface area contributed by atoms with E-state index in [-0.39, 0.29) is 5.82 Å². The number of hydrogen-bond donors (Lipinski definition) is 0. The molecule has 3 aromatic carbocycles. The van der Waals surface area contributed by atoms with E-state index in [0.29, 0.717) is 27.2 Å². The highest BCUT2D eigenvalue weighted by atomic mass is 35.5. The van der Waals surface area contributed by atoms with Gasteiger partial charge in [-0.25, -0.2) is 4.39 Å².